The number of aryl methyl sites for hydroxylation is 1. The van der Waals surface area contributed by atoms with Crippen LogP contribution in [0.1, 0.15) is 40.5 Å². The molecule has 1 heterocycles. The van der Waals surface area contributed by atoms with Gasteiger partial charge < -0.3 is 5.11 Å². The largest absolute Gasteiger partial charge is 0.476 e. The molecule has 0 unspecified atom stereocenters. The number of carboxylic acids is 1. The van der Waals surface area contributed by atoms with Crippen LogP contribution in [0.15, 0.2) is 18.2 Å². The maximum Gasteiger partial charge on any atom is 0.358 e. The Hall–Kier alpha value is -2.24. The third kappa shape index (κ3) is 1.99. The van der Waals surface area contributed by atoms with Crippen LogP contribution in [0.3, 0.4) is 0 Å². The lowest BCUT2D eigenvalue weighted by Crippen LogP contribution is -2.06. The van der Waals surface area contributed by atoms with E-state index in [-0.39, 0.29) is 17.4 Å². The van der Waals surface area contributed by atoms with Crippen molar-refractivity contribution in [2.45, 2.75) is 25.7 Å². The van der Waals surface area contributed by atoms with Crippen molar-refractivity contribution < 1.29 is 14.3 Å². The molecular formula is C13H12FN3O2. The molecule has 1 saturated carbocycles. The molecule has 0 radical (unpaired) electrons. The van der Waals surface area contributed by atoms with Gasteiger partial charge in [0.05, 0.1) is 11.4 Å². The Bertz CT molecular complexity index is 662. The van der Waals surface area contributed by atoms with Gasteiger partial charge in [-0.2, -0.15) is 0 Å². The molecule has 1 aliphatic rings. The first-order valence-electron chi connectivity index (χ1n) is 6.03. The van der Waals surface area contributed by atoms with Gasteiger partial charge in [-0.15, -0.1) is 5.10 Å². The quantitative estimate of drug-likeness (QED) is 0.920. The number of carbonyl (C=O) groups is 1. The van der Waals surface area contributed by atoms with Crippen LogP contribution in [0.2, 0.25) is 0 Å². The van der Waals surface area contributed by atoms with Gasteiger partial charge in [-0.1, -0.05) is 5.21 Å². The van der Waals surface area contributed by atoms with Crippen molar-refractivity contribution in [2.75, 3.05) is 0 Å². The molecule has 0 amide bonds. The molecule has 1 fully saturated rings. The highest BCUT2D eigenvalue weighted by Crippen LogP contribution is 2.42. The minimum atomic E-state index is -1.08. The van der Waals surface area contributed by atoms with Crippen molar-refractivity contribution in [3.8, 4) is 5.69 Å². The minimum Gasteiger partial charge on any atom is -0.476 e. The van der Waals surface area contributed by atoms with E-state index in [1.165, 1.54) is 10.7 Å². The van der Waals surface area contributed by atoms with E-state index in [0.29, 0.717) is 16.9 Å². The molecule has 2 aromatic rings. The average Bonchev–Trinajstić information content (AvgIpc) is 3.11. The number of hydrogen-bond donors (Lipinski definition) is 1. The number of aromatic carboxylic acids is 1. The SMILES string of the molecule is Cc1cc(-n2nnc(C(=O)O)c2C2CC2)ccc1F. The molecule has 0 saturated heterocycles. The number of rotatable bonds is 3. The maximum absolute atomic E-state index is 13.3. The first kappa shape index (κ1) is 11.8. The first-order chi connectivity index (χ1) is 9.08. The summed E-state index contributed by atoms with van der Waals surface area (Å²) in [5, 5.41) is 16.8. The van der Waals surface area contributed by atoms with Crippen molar-refractivity contribution >= 4 is 5.97 Å². The zero-order valence-electron chi connectivity index (χ0n) is 10.3. The van der Waals surface area contributed by atoms with Gasteiger partial charge in [0.2, 0.25) is 0 Å². The van der Waals surface area contributed by atoms with Crippen molar-refractivity contribution in [3.05, 3.63) is 41.0 Å². The number of hydrogen-bond acceptors (Lipinski definition) is 3. The van der Waals surface area contributed by atoms with Crippen molar-refractivity contribution in [2.24, 2.45) is 0 Å². The van der Waals surface area contributed by atoms with Crippen molar-refractivity contribution in [3.63, 3.8) is 0 Å². The monoisotopic (exact) mass is 261 g/mol. The summed E-state index contributed by atoms with van der Waals surface area (Å²) >= 11 is 0. The summed E-state index contributed by atoms with van der Waals surface area (Å²) in [7, 11) is 0. The molecule has 0 bridgehead atoms. The smallest absolute Gasteiger partial charge is 0.358 e. The maximum atomic E-state index is 13.3. The highest BCUT2D eigenvalue weighted by Gasteiger charge is 2.34. The van der Waals surface area contributed by atoms with E-state index in [2.05, 4.69) is 10.3 Å². The molecule has 1 aromatic carbocycles. The molecule has 0 aliphatic heterocycles. The van der Waals surface area contributed by atoms with Gasteiger partial charge in [0, 0.05) is 5.92 Å². The normalized spacial score (nSPS) is 14.6. The van der Waals surface area contributed by atoms with Crippen molar-refractivity contribution in [1.29, 1.82) is 0 Å². The number of benzene rings is 1. The zero-order valence-corrected chi connectivity index (χ0v) is 10.3. The summed E-state index contributed by atoms with van der Waals surface area (Å²) in [6.07, 6.45) is 1.88. The Kier molecular flexibility index (Phi) is 2.58. The first-order valence-corrected chi connectivity index (χ1v) is 6.03. The number of carboxylic acid groups (broad SMARTS) is 1. The second kappa shape index (κ2) is 4.15. The zero-order chi connectivity index (χ0) is 13.6. The second-order valence-electron chi connectivity index (χ2n) is 4.75. The highest BCUT2D eigenvalue weighted by molar-refractivity contribution is 5.87. The molecule has 5 nitrogen and oxygen atoms in total. The molecule has 0 spiro atoms. The Labute approximate surface area is 108 Å². The van der Waals surface area contributed by atoms with Crippen LogP contribution in [0.4, 0.5) is 4.39 Å². The highest BCUT2D eigenvalue weighted by atomic mass is 19.1. The Morgan fingerprint density at radius 3 is 2.79 bits per heavy atom. The van der Waals surface area contributed by atoms with E-state index in [9.17, 15) is 9.18 Å². The Morgan fingerprint density at radius 2 is 2.21 bits per heavy atom. The van der Waals surface area contributed by atoms with Gasteiger partial charge >= 0.3 is 5.97 Å². The fourth-order valence-electron chi connectivity index (χ4n) is 2.12. The predicted molar refractivity (Wildman–Crippen MR) is 65.0 cm³/mol. The molecule has 1 N–H and O–H groups in total. The number of nitrogens with zero attached hydrogens (tertiary/aromatic N) is 3. The van der Waals surface area contributed by atoms with Gasteiger partial charge in [-0.05, 0) is 43.5 Å². The Balaban J connectivity index is 2.14. The summed E-state index contributed by atoms with van der Waals surface area (Å²) in [5.74, 6) is -1.19. The molecular weight excluding hydrogens is 249 g/mol. The van der Waals surface area contributed by atoms with Crippen LogP contribution in [0.25, 0.3) is 5.69 Å². The fraction of sp³-hybridized carbons (Fsp3) is 0.308. The second-order valence-corrected chi connectivity index (χ2v) is 4.75. The van der Waals surface area contributed by atoms with E-state index in [0.717, 1.165) is 12.8 Å². The topological polar surface area (TPSA) is 68.0 Å². The van der Waals surface area contributed by atoms with E-state index in [1.807, 2.05) is 0 Å². The third-order valence-electron chi connectivity index (χ3n) is 3.26. The molecule has 19 heavy (non-hydrogen) atoms. The molecule has 1 aliphatic carbocycles. The van der Waals surface area contributed by atoms with Crippen LogP contribution in [-0.4, -0.2) is 26.1 Å². The van der Waals surface area contributed by atoms with Crippen LogP contribution < -0.4 is 0 Å². The standard InChI is InChI=1S/C13H12FN3O2/c1-7-6-9(4-5-10(7)14)17-12(8-2-3-8)11(13(18)19)15-16-17/h4-6,8H,2-3H2,1H3,(H,18,19). The van der Waals surface area contributed by atoms with Gasteiger partial charge in [-0.3, -0.25) is 0 Å². The van der Waals surface area contributed by atoms with E-state index < -0.39 is 5.97 Å². The average molecular weight is 261 g/mol. The molecule has 0 atom stereocenters. The van der Waals surface area contributed by atoms with E-state index in [1.54, 1.807) is 19.1 Å². The summed E-state index contributed by atoms with van der Waals surface area (Å²) in [6, 6.07) is 4.57. The van der Waals surface area contributed by atoms with Gasteiger partial charge in [0.1, 0.15) is 5.82 Å². The fourth-order valence-corrected chi connectivity index (χ4v) is 2.12. The minimum absolute atomic E-state index is 0.00974. The van der Waals surface area contributed by atoms with Crippen LogP contribution >= 0.6 is 0 Å². The van der Waals surface area contributed by atoms with Gasteiger partial charge in [-0.25, -0.2) is 13.9 Å². The van der Waals surface area contributed by atoms with Crippen LogP contribution in [0, 0.1) is 12.7 Å². The number of aromatic nitrogens is 3. The van der Waals surface area contributed by atoms with Crippen molar-refractivity contribution in [1.82, 2.24) is 15.0 Å². The number of halogens is 1. The molecule has 1 aromatic heterocycles. The Morgan fingerprint density at radius 1 is 1.47 bits per heavy atom. The summed E-state index contributed by atoms with van der Waals surface area (Å²) in [5.41, 5.74) is 1.73. The van der Waals surface area contributed by atoms with Gasteiger partial charge in [0.25, 0.3) is 0 Å². The van der Waals surface area contributed by atoms with E-state index in [4.69, 9.17) is 5.11 Å². The van der Waals surface area contributed by atoms with Crippen LogP contribution in [-0.2, 0) is 0 Å². The molecule has 98 valence electrons. The lowest BCUT2D eigenvalue weighted by Gasteiger charge is -2.07. The molecule has 3 rings (SSSR count). The third-order valence-corrected chi connectivity index (χ3v) is 3.26. The lowest BCUT2D eigenvalue weighted by molar-refractivity contribution is 0.0689. The van der Waals surface area contributed by atoms with Gasteiger partial charge in [0.15, 0.2) is 5.69 Å². The predicted octanol–water partition coefficient (Wildman–Crippen LogP) is 2.29. The summed E-state index contributed by atoms with van der Waals surface area (Å²) in [6.45, 7) is 1.66. The van der Waals surface area contributed by atoms with Crippen LogP contribution in [0.5, 0.6) is 0 Å². The van der Waals surface area contributed by atoms with E-state index >= 15 is 0 Å². The summed E-state index contributed by atoms with van der Waals surface area (Å²) < 4.78 is 14.8. The summed E-state index contributed by atoms with van der Waals surface area (Å²) in [4.78, 5) is 11.1. The lowest BCUT2D eigenvalue weighted by atomic mass is 10.2. The molecule has 6 heteroatoms.